The zero-order chi connectivity index (χ0) is 9.14. The van der Waals surface area contributed by atoms with Gasteiger partial charge in [0.15, 0.2) is 0 Å². The van der Waals surface area contributed by atoms with E-state index in [0.29, 0.717) is 12.3 Å². The minimum Gasteiger partial charge on any atom is -0.461 e. The van der Waals surface area contributed by atoms with E-state index in [2.05, 4.69) is 5.10 Å². The molecule has 4 nitrogen and oxygen atoms in total. The Morgan fingerprint density at radius 3 is 2.83 bits per heavy atom. The first-order valence-electron chi connectivity index (χ1n) is 3.83. The van der Waals surface area contributed by atoms with Crippen LogP contribution in [0.4, 0.5) is 0 Å². The van der Waals surface area contributed by atoms with Gasteiger partial charge in [-0.2, -0.15) is 5.10 Å². The lowest BCUT2D eigenvalue weighted by Gasteiger charge is -2.00. The molecule has 0 fully saturated rings. The number of hydrogen-bond acceptors (Lipinski definition) is 3. The molecule has 0 aliphatic carbocycles. The summed E-state index contributed by atoms with van der Waals surface area (Å²) in [5.74, 6) is -0.319. The van der Waals surface area contributed by atoms with Gasteiger partial charge in [0.05, 0.1) is 12.3 Å². The van der Waals surface area contributed by atoms with Crippen molar-refractivity contribution >= 4 is 5.97 Å². The molecule has 66 valence electrons. The molecular formula is C8H12N2O2. The summed E-state index contributed by atoms with van der Waals surface area (Å²) in [6.45, 7) is 4.01. The Kier molecular flexibility index (Phi) is 2.47. The molecule has 4 heteroatoms. The molecule has 0 N–H and O–H groups in total. The van der Waals surface area contributed by atoms with Crippen molar-refractivity contribution in [2.45, 2.75) is 13.8 Å². The van der Waals surface area contributed by atoms with Crippen molar-refractivity contribution in [1.82, 2.24) is 9.78 Å². The van der Waals surface area contributed by atoms with Crippen molar-refractivity contribution in [3.8, 4) is 0 Å². The van der Waals surface area contributed by atoms with E-state index in [9.17, 15) is 4.79 Å². The molecule has 0 aromatic carbocycles. The molecule has 0 aliphatic rings. The van der Waals surface area contributed by atoms with E-state index >= 15 is 0 Å². The lowest BCUT2D eigenvalue weighted by molar-refractivity contribution is 0.0513. The van der Waals surface area contributed by atoms with Gasteiger partial charge in [-0.15, -0.1) is 0 Å². The van der Waals surface area contributed by atoms with Crippen LogP contribution in [0, 0.1) is 6.92 Å². The van der Waals surface area contributed by atoms with Crippen LogP contribution in [0.5, 0.6) is 0 Å². The zero-order valence-corrected chi connectivity index (χ0v) is 7.50. The maximum Gasteiger partial charge on any atom is 0.356 e. The summed E-state index contributed by atoms with van der Waals surface area (Å²) >= 11 is 0. The quantitative estimate of drug-likeness (QED) is 0.616. The summed E-state index contributed by atoms with van der Waals surface area (Å²) in [4.78, 5) is 11.2. The van der Waals surface area contributed by atoms with E-state index in [1.165, 1.54) is 4.68 Å². The fourth-order valence-corrected chi connectivity index (χ4v) is 1.01. The van der Waals surface area contributed by atoms with Crippen LogP contribution in [0.15, 0.2) is 6.07 Å². The molecule has 0 spiro atoms. The topological polar surface area (TPSA) is 44.1 Å². The Morgan fingerprint density at radius 2 is 2.42 bits per heavy atom. The summed E-state index contributed by atoms with van der Waals surface area (Å²) in [5.41, 5.74) is 1.31. The molecular weight excluding hydrogens is 156 g/mol. The molecule has 0 radical (unpaired) electrons. The van der Waals surface area contributed by atoms with Gasteiger partial charge < -0.3 is 4.74 Å². The minimum absolute atomic E-state index is 0.319. The molecule has 0 saturated heterocycles. The number of carbonyl (C=O) groups is 1. The highest BCUT2D eigenvalue weighted by molar-refractivity contribution is 5.87. The smallest absolute Gasteiger partial charge is 0.356 e. The zero-order valence-electron chi connectivity index (χ0n) is 7.50. The Morgan fingerprint density at radius 1 is 1.75 bits per heavy atom. The lowest BCUT2D eigenvalue weighted by atomic mass is 10.4. The van der Waals surface area contributed by atoms with Crippen molar-refractivity contribution in [3.05, 3.63) is 17.5 Å². The third-order valence-electron chi connectivity index (χ3n) is 1.49. The van der Waals surface area contributed by atoms with Gasteiger partial charge >= 0.3 is 5.97 Å². The minimum atomic E-state index is -0.319. The Hall–Kier alpha value is -1.32. The van der Waals surface area contributed by atoms with Crippen molar-refractivity contribution in [2.24, 2.45) is 7.05 Å². The van der Waals surface area contributed by atoms with E-state index in [4.69, 9.17) is 4.74 Å². The Bertz CT molecular complexity index is 291. The summed E-state index contributed by atoms with van der Waals surface area (Å²) in [6, 6.07) is 1.71. The monoisotopic (exact) mass is 168 g/mol. The van der Waals surface area contributed by atoms with Crippen molar-refractivity contribution < 1.29 is 9.53 Å². The summed E-state index contributed by atoms with van der Waals surface area (Å²) in [6.07, 6.45) is 0. The molecule has 0 bridgehead atoms. The molecule has 1 aromatic rings. The molecule has 12 heavy (non-hydrogen) atoms. The number of nitrogens with zero attached hydrogens (tertiary/aromatic N) is 2. The van der Waals surface area contributed by atoms with Gasteiger partial charge in [0.2, 0.25) is 0 Å². The van der Waals surface area contributed by atoms with Gasteiger partial charge in [-0.05, 0) is 19.9 Å². The molecule has 0 unspecified atom stereocenters. The first-order valence-corrected chi connectivity index (χ1v) is 3.83. The molecule has 0 atom stereocenters. The van der Waals surface area contributed by atoms with Crippen LogP contribution >= 0.6 is 0 Å². The highest BCUT2D eigenvalue weighted by atomic mass is 16.5. The lowest BCUT2D eigenvalue weighted by Crippen LogP contribution is -2.10. The third kappa shape index (κ3) is 1.64. The van der Waals surface area contributed by atoms with Crippen LogP contribution in [-0.2, 0) is 11.8 Å². The van der Waals surface area contributed by atoms with Gasteiger partial charge in [-0.3, -0.25) is 4.68 Å². The van der Waals surface area contributed by atoms with Crippen molar-refractivity contribution in [1.29, 1.82) is 0 Å². The average molecular weight is 168 g/mol. The van der Waals surface area contributed by atoms with Gasteiger partial charge in [0.1, 0.15) is 5.69 Å². The predicted molar refractivity (Wildman–Crippen MR) is 43.9 cm³/mol. The number of carbonyl (C=O) groups excluding carboxylic acids is 1. The molecule has 0 aliphatic heterocycles. The van der Waals surface area contributed by atoms with Crippen LogP contribution in [0.2, 0.25) is 0 Å². The van der Waals surface area contributed by atoms with E-state index in [1.807, 2.05) is 6.92 Å². The Balaban J connectivity index is 2.87. The standard InChI is InChI=1S/C8H12N2O2/c1-4-12-8(11)7-5-6(2)9-10(7)3/h5H,4H2,1-3H3. The first kappa shape index (κ1) is 8.77. The number of hydrogen-bond donors (Lipinski definition) is 0. The maximum absolute atomic E-state index is 11.2. The van der Waals surface area contributed by atoms with E-state index in [1.54, 1.807) is 20.0 Å². The van der Waals surface area contributed by atoms with Crippen LogP contribution in [-0.4, -0.2) is 22.4 Å². The highest BCUT2D eigenvalue weighted by Gasteiger charge is 2.11. The Labute approximate surface area is 71.1 Å². The average Bonchev–Trinajstić information content (AvgIpc) is 2.30. The number of esters is 1. The normalized spacial score (nSPS) is 9.92. The van der Waals surface area contributed by atoms with Crippen LogP contribution in [0.1, 0.15) is 23.1 Å². The van der Waals surface area contributed by atoms with Crippen molar-refractivity contribution in [2.75, 3.05) is 6.61 Å². The highest BCUT2D eigenvalue weighted by Crippen LogP contribution is 2.03. The van der Waals surface area contributed by atoms with Crippen LogP contribution in [0.25, 0.3) is 0 Å². The van der Waals surface area contributed by atoms with Crippen LogP contribution < -0.4 is 0 Å². The van der Waals surface area contributed by atoms with Gasteiger partial charge in [-0.1, -0.05) is 0 Å². The molecule has 1 heterocycles. The largest absolute Gasteiger partial charge is 0.461 e. The van der Waals surface area contributed by atoms with E-state index in [-0.39, 0.29) is 5.97 Å². The predicted octanol–water partition coefficient (Wildman–Crippen LogP) is 0.905. The van der Waals surface area contributed by atoms with Gasteiger partial charge in [-0.25, -0.2) is 4.79 Å². The van der Waals surface area contributed by atoms with E-state index in [0.717, 1.165) is 5.69 Å². The van der Waals surface area contributed by atoms with Crippen molar-refractivity contribution in [3.63, 3.8) is 0 Å². The van der Waals surface area contributed by atoms with Crippen LogP contribution in [0.3, 0.4) is 0 Å². The summed E-state index contributed by atoms with van der Waals surface area (Å²) in [7, 11) is 1.72. The summed E-state index contributed by atoms with van der Waals surface area (Å²) in [5, 5.41) is 4.03. The first-order chi connectivity index (χ1) is 5.65. The number of rotatable bonds is 2. The number of ether oxygens (including phenoxy) is 1. The SMILES string of the molecule is CCOC(=O)c1cc(C)nn1C. The van der Waals surface area contributed by atoms with E-state index < -0.39 is 0 Å². The number of aromatic nitrogens is 2. The fourth-order valence-electron chi connectivity index (χ4n) is 1.01. The second-order valence-electron chi connectivity index (χ2n) is 2.52. The number of aryl methyl sites for hydroxylation is 2. The summed E-state index contributed by atoms with van der Waals surface area (Å²) < 4.78 is 6.34. The molecule has 0 saturated carbocycles. The molecule has 1 aromatic heterocycles. The van der Waals surface area contributed by atoms with Gasteiger partial charge in [0, 0.05) is 7.05 Å². The maximum atomic E-state index is 11.2. The molecule has 1 rings (SSSR count). The molecule has 0 amide bonds. The third-order valence-corrected chi connectivity index (χ3v) is 1.49. The second kappa shape index (κ2) is 3.38. The fraction of sp³-hybridized carbons (Fsp3) is 0.500. The second-order valence-corrected chi connectivity index (χ2v) is 2.52. The van der Waals surface area contributed by atoms with Gasteiger partial charge in [0.25, 0.3) is 0 Å².